The van der Waals surface area contributed by atoms with Crippen LogP contribution in [0, 0.1) is 6.92 Å². The molecule has 0 amide bonds. The fourth-order valence-corrected chi connectivity index (χ4v) is 4.06. The first-order chi connectivity index (χ1) is 14.0. The quantitative estimate of drug-likeness (QED) is 0.611. The maximum atomic E-state index is 10.7. The Kier molecular flexibility index (Phi) is 5.43. The number of hydrogen-bond donors (Lipinski definition) is 3. The van der Waals surface area contributed by atoms with Gasteiger partial charge in [0.15, 0.2) is 0 Å². The first-order valence-corrected chi connectivity index (χ1v) is 9.84. The van der Waals surface area contributed by atoms with Crippen LogP contribution in [0.15, 0.2) is 66.7 Å². The second kappa shape index (κ2) is 8.15. The topological polar surface area (TPSA) is 67.2 Å². The highest BCUT2D eigenvalue weighted by molar-refractivity contribution is 5.39. The van der Waals surface area contributed by atoms with Gasteiger partial charge < -0.3 is 15.3 Å². The number of rotatable bonds is 5. The van der Waals surface area contributed by atoms with Crippen LogP contribution in [0.25, 0.3) is 0 Å². The van der Waals surface area contributed by atoms with Crippen LogP contribution in [-0.4, -0.2) is 38.2 Å². The number of aryl methyl sites for hydroxylation is 1. The highest BCUT2D eigenvalue weighted by Crippen LogP contribution is 2.38. The van der Waals surface area contributed by atoms with Crippen molar-refractivity contribution in [3.05, 3.63) is 89.0 Å². The Bertz CT molecular complexity index is 949. The summed E-state index contributed by atoms with van der Waals surface area (Å²) in [5, 5.41) is 31.1. The highest BCUT2D eigenvalue weighted by Gasteiger charge is 2.35. The van der Waals surface area contributed by atoms with Crippen LogP contribution >= 0.6 is 0 Å². The Labute approximate surface area is 171 Å². The molecule has 1 heterocycles. The molecule has 3 aromatic carbocycles. The Balaban J connectivity index is 1.68. The van der Waals surface area contributed by atoms with Gasteiger partial charge in [0.1, 0.15) is 17.2 Å². The predicted molar refractivity (Wildman–Crippen MR) is 113 cm³/mol. The SMILES string of the molecule is Cc1ccc(C2N(Cc3ccccc3O)CCN2Cc2ccccc2O)c(O)c1. The van der Waals surface area contributed by atoms with Crippen molar-refractivity contribution in [3.63, 3.8) is 0 Å². The molecule has 5 heteroatoms. The summed E-state index contributed by atoms with van der Waals surface area (Å²) in [6, 6.07) is 20.5. The van der Waals surface area contributed by atoms with E-state index in [9.17, 15) is 15.3 Å². The molecule has 1 saturated heterocycles. The maximum absolute atomic E-state index is 10.7. The van der Waals surface area contributed by atoms with Crippen LogP contribution < -0.4 is 0 Å². The van der Waals surface area contributed by atoms with Crippen molar-refractivity contribution < 1.29 is 15.3 Å². The third-order valence-electron chi connectivity index (χ3n) is 5.56. The monoisotopic (exact) mass is 390 g/mol. The molecule has 0 radical (unpaired) electrons. The van der Waals surface area contributed by atoms with Gasteiger partial charge >= 0.3 is 0 Å². The van der Waals surface area contributed by atoms with Gasteiger partial charge in [-0.2, -0.15) is 0 Å². The summed E-state index contributed by atoms with van der Waals surface area (Å²) in [7, 11) is 0. The summed E-state index contributed by atoms with van der Waals surface area (Å²) in [5.41, 5.74) is 3.55. The molecule has 0 saturated carbocycles. The second-order valence-corrected chi connectivity index (χ2v) is 7.63. The van der Waals surface area contributed by atoms with E-state index in [0.717, 1.165) is 35.3 Å². The third-order valence-corrected chi connectivity index (χ3v) is 5.56. The number of benzene rings is 3. The molecule has 29 heavy (non-hydrogen) atoms. The number of nitrogens with zero attached hydrogens (tertiary/aromatic N) is 2. The molecule has 1 fully saturated rings. The molecule has 4 rings (SSSR count). The molecule has 0 aromatic heterocycles. The van der Waals surface area contributed by atoms with Crippen LogP contribution in [0.1, 0.15) is 28.4 Å². The van der Waals surface area contributed by atoms with Gasteiger partial charge in [0, 0.05) is 42.9 Å². The number of para-hydroxylation sites is 2. The molecule has 0 spiro atoms. The maximum Gasteiger partial charge on any atom is 0.121 e. The molecular formula is C24H26N2O3. The lowest BCUT2D eigenvalue weighted by atomic mass is 10.1. The van der Waals surface area contributed by atoms with Gasteiger partial charge in [-0.05, 0) is 30.7 Å². The predicted octanol–water partition coefficient (Wildman–Crippen LogP) is 4.13. The summed E-state index contributed by atoms with van der Waals surface area (Å²) >= 11 is 0. The molecule has 0 atom stereocenters. The van der Waals surface area contributed by atoms with Crippen molar-refractivity contribution in [2.45, 2.75) is 26.2 Å². The van der Waals surface area contributed by atoms with E-state index < -0.39 is 0 Å². The van der Waals surface area contributed by atoms with E-state index in [-0.39, 0.29) is 23.4 Å². The Hall–Kier alpha value is -3.02. The minimum Gasteiger partial charge on any atom is -0.508 e. The largest absolute Gasteiger partial charge is 0.508 e. The zero-order valence-corrected chi connectivity index (χ0v) is 16.5. The minimum atomic E-state index is -0.158. The standard InChI is InChI=1S/C24H26N2O3/c1-17-10-11-20(23(29)14-17)24-25(15-18-6-2-4-8-21(18)27)12-13-26(24)16-19-7-3-5-9-22(19)28/h2-11,14,24,27-29H,12-13,15-16H2,1H3. The lowest BCUT2D eigenvalue weighted by molar-refractivity contribution is 0.121. The first-order valence-electron chi connectivity index (χ1n) is 9.84. The highest BCUT2D eigenvalue weighted by atomic mass is 16.3. The Morgan fingerprint density at radius 3 is 1.72 bits per heavy atom. The van der Waals surface area contributed by atoms with Crippen molar-refractivity contribution in [2.75, 3.05) is 13.1 Å². The number of hydrogen-bond acceptors (Lipinski definition) is 5. The van der Waals surface area contributed by atoms with Gasteiger partial charge in [-0.3, -0.25) is 9.80 Å². The summed E-state index contributed by atoms with van der Waals surface area (Å²) in [6.07, 6.45) is -0.158. The van der Waals surface area contributed by atoms with Crippen molar-refractivity contribution in [2.24, 2.45) is 0 Å². The van der Waals surface area contributed by atoms with Gasteiger partial charge in [-0.1, -0.05) is 48.5 Å². The fraction of sp³-hybridized carbons (Fsp3) is 0.250. The Morgan fingerprint density at radius 1 is 0.724 bits per heavy atom. The van der Waals surface area contributed by atoms with E-state index in [0.29, 0.717) is 13.1 Å². The molecule has 0 aliphatic carbocycles. The van der Waals surface area contributed by atoms with E-state index in [2.05, 4.69) is 9.80 Å². The molecule has 3 N–H and O–H groups in total. The van der Waals surface area contributed by atoms with Crippen molar-refractivity contribution >= 4 is 0 Å². The van der Waals surface area contributed by atoms with Gasteiger partial charge in [-0.15, -0.1) is 0 Å². The molecular weight excluding hydrogens is 364 g/mol. The van der Waals surface area contributed by atoms with Crippen molar-refractivity contribution in [1.29, 1.82) is 0 Å². The first kappa shape index (κ1) is 19.3. The number of phenolic OH excluding ortho intramolecular Hbond substituents is 3. The lowest BCUT2D eigenvalue weighted by Crippen LogP contribution is -2.30. The molecule has 1 aliphatic heterocycles. The fourth-order valence-electron chi connectivity index (χ4n) is 4.06. The van der Waals surface area contributed by atoms with E-state index in [1.165, 1.54) is 0 Å². The number of phenols is 3. The van der Waals surface area contributed by atoms with Gasteiger partial charge in [0.05, 0.1) is 6.17 Å². The zero-order valence-electron chi connectivity index (χ0n) is 16.5. The minimum absolute atomic E-state index is 0.158. The van der Waals surface area contributed by atoms with Crippen molar-refractivity contribution in [1.82, 2.24) is 9.80 Å². The van der Waals surface area contributed by atoms with E-state index >= 15 is 0 Å². The molecule has 0 unspecified atom stereocenters. The van der Waals surface area contributed by atoms with Gasteiger partial charge in [-0.25, -0.2) is 0 Å². The summed E-state index contributed by atoms with van der Waals surface area (Å²) in [4.78, 5) is 4.50. The van der Waals surface area contributed by atoms with E-state index in [4.69, 9.17) is 0 Å². The summed E-state index contributed by atoms with van der Waals surface area (Å²) in [5.74, 6) is 0.818. The van der Waals surface area contributed by atoms with Gasteiger partial charge in [0.25, 0.3) is 0 Å². The summed E-state index contributed by atoms with van der Waals surface area (Å²) in [6.45, 7) is 4.68. The molecule has 3 aromatic rings. The van der Waals surface area contributed by atoms with Crippen molar-refractivity contribution in [3.8, 4) is 17.2 Å². The lowest BCUT2D eigenvalue weighted by Gasteiger charge is -2.31. The average molecular weight is 390 g/mol. The third kappa shape index (κ3) is 4.06. The van der Waals surface area contributed by atoms with Gasteiger partial charge in [0.2, 0.25) is 0 Å². The van der Waals surface area contributed by atoms with Crippen LogP contribution in [0.4, 0.5) is 0 Å². The normalized spacial score (nSPS) is 15.8. The van der Waals surface area contributed by atoms with Crippen LogP contribution in [0.5, 0.6) is 17.2 Å². The van der Waals surface area contributed by atoms with Crippen LogP contribution in [0.2, 0.25) is 0 Å². The molecule has 1 aliphatic rings. The smallest absolute Gasteiger partial charge is 0.121 e. The van der Waals surface area contributed by atoms with Crippen LogP contribution in [-0.2, 0) is 13.1 Å². The summed E-state index contributed by atoms with van der Waals surface area (Å²) < 4.78 is 0. The molecule has 0 bridgehead atoms. The second-order valence-electron chi connectivity index (χ2n) is 7.63. The number of aromatic hydroxyl groups is 3. The van der Waals surface area contributed by atoms with E-state index in [1.807, 2.05) is 55.5 Å². The van der Waals surface area contributed by atoms with Crippen LogP contribution in [0.3, 0.4) is 0 Å². The Morgan fingerprint density at radius 2 is 1.24 bits per heavy atom. The zero-order chi connectivity index (χ0) is 20.4. The van der Waals surface area contributed by atoms with E-state index in [1.54, 1.807) is 18.2 Å². The average Bonchev–Trinajstić information content (AvgIpc) is 3.07. The molecule has 150 valence electrons. The molecule has 5 nitrogen and oxygen atoms in total.